The van der Waals surface area contributed by atoms with Crippen molar-refractivity contribution >= 4 is 20.0 Å². The number of carbonyl (C=O) groups excluding carboxylic acids is 1. The van der Waals surface area contributed by atoms with E-state index >= 15 is 4.39 Å². The lowest BCUT2D eigenvalue weighted by Gasteiger charge is -2.27. The smallest absolute Gasteiger partial charge is 0.351 e. The molecule has 1 fully saturated rings. The van der Waals surface area contributed by atoms with Crippen LogP contribution in [0.2, 0.25) is 0 Å². The van der Waals surface area contributed by atoms with Crippen LogP contribution in [0.1, 0.15) is 46.8 Å². The highest BCUT2D eigenvalue weighted by Gasteiger charge is 2.63. The van der Waals surface area contributed by atoms with Gasteiger partial charge in [-0.2, -0.15) is 4.98 Å². The summed E-state index contributed by atoms with van der Waals surface area (Å²) in [6, 6.07) is 0.231. The van der Waals surface area contributed by atoms with Crippen LogP contribution in [0.3, 0.4) is 0 Å². The molecule has 14 heteroatoms. The Kier molecular flexibility index (Phi) is 8.54. The molecular weight excluding hydrogens is 450 g/mol. The van der Waals surface area contributed by atoms with Crippen LogP contribution in [0.4, 0.5) is 10.2 Å². The Hall–Kier alpha value is -1.89. The molecule has 1 aromatic rings. The highest BCUT2D eigenvalue weighted by molar-refractivity contribution is 7.36. The number of hydrogen-bond acceptors (Lipinski definition) is 10. The summed E-state index contributed by atoms with van der Waals surface area (Å²) in [7, 11) is -3.17. The molecule has 12 nitrogen and oxygen atoms in total. The van der Waals surface area contributed by atoms with E-state index in [9.17, 15) is 24.4 Å². The molecule has 0 saturated carbocycles. The molecule has 6 atom stereocenters. The summed E-state index contributed by atoms with van der Waals surface area (Å²) in [5.41, 5.74) is 2.21. The maximum absolute atomic E-state index is 15.3. The fourth-order valence-electron chi connectivity index (χ4n) is 3.16. The topological polar surface area (TPSA) is 175 Å². The molecule has 1 aliphatic heterocycles. The minimum absolute atomic E-state index is 0.0965. The number of carbonyl (C=O) groups is 1. The van der Waals surface area contributed by atoms with Gasteiger partial charge in [-0.1, -0.05) is 13.8 Å². The Bertz CT molecular complexity index is 896. The van der Waals surface area contributed by atoms with Crippen LogP contribution in [-0.4, -0.2) is 62.0 Å². The highest BCUT2D eigenvalue weighted by atomic mass is 31.1. The van der Waals surface area contributed by atoms with Crippen molar-refractivity contribution in [3.8, 4) is 0 Å². The zero-order valence-electron chi connectivity index (χ0n) is 18.3. The average Bonchev–Trinajstić information content (AvgIpc) is 2.91. The number of alkyl halides is 1. The summed E-state index contributed by atoms with van der Waals surface area (Å²) in [5.74, 6) is -3.76. The maximum atomic E-state index is 15.3. The third-order valence-corrected chi connectivity index (χ3v) is 6.23. The molecule has 1 saturated heterocycles. The van der Waals surface area contributed by atoms with Gasteiger partial charge >= 0.3 is 11.7 Å². The first-order chi connectivity index (χ1) is 14.9. The van der Waals surface area contributed by atoms with E-state index in [2.05, 4.69) is 10.1 Å². The Morgan fingerprint density at radius 3 is 2.69 bits per heavy atom. The molecule has 0 spiro atoms. The van der Waals surface area contributed by atoms with Crippen molar-refractivity contribution in [3.63, 3.8) is 0 Å². The fourth-order valence-corrected chi connectivity index (χ4v) is 4.04. The number of aromatic nitrogens is 2. The van der Waals surface area contributed by atoms with Crippen molar-refractivity contribution < 1.29 is 38.0 Å². The molecule has 5 N–H and O–H groups in total. The third kappa shape index (κ3) is 5.72. The molecule has 1 aliphatic rings. The van der Waals surface area contributed by atoms with Crippen molar-refractivity contribution in [2.75, 3.05) is 12.3 Å². The van der Waals surface area contributed by atoms with Gasteiger partial charge in [-0.25, -0.2) is 14.3 Å². The first-order valence-corrected chi connectivity index (χ1v) is 11.4. The zero-order chi connectivity index (χ0) is 24.3. The van der Waals surface area contributed by atoms with Crippen LogP contribution in [0, 0.1) is 0 Å². The number of esters is 1. The second-order valence-corrected chi connectivity index (χ2v) is 8.90. The molecule has 0 amide bonds. The van der Waals surface area contributed by atoms with Crippen molar-refractivity contribution in [2.24, 2.45) is 0 Å². The van der Waals surface area contributed by atoms with E-state index in [0.717, 1.165) is 17.7 Å². The predicted octanol–water partition coefficient (Wildman–Crippen LogP) is 0.248. The minimum Gasteiger partial charge on any atom is -0.461 e. The molecule has 32 heavy (non-hydrogen) atoms. The van der Waals surface area contributed by atoms with Crippen molar-refractivity contribution in [3.05, 3.63) is 22.7 Å². The molecule has 182 valence electrons. The molecule has 0 aliphatic carbocycles. The van der Waals surface area contributed by atoms with E-state index in [-0.39, 0.29) is 11.9 Å². The zero-order valence-corrected chi connectivity index (χ0v) is 19.3. The van der Waals surface area contributed by atoms with Crippen LogP contribution in [0.25, 0.3) is 0 Å². The molecule has 1 unspecified atom stereocenters. The standard InChI is InChI=1S/C18H30FN4O8P/c1-5-11(6-2)30-13(24)10(3)22-32(28)29-9-18(19)14(25)17(4,27)15(31-18)23-8-7-12(20)21-16(23)26/h7-8,10-11,14-15,25,27,32H,5-6,9H2,1-4H3,(H,22,28)(H2,20,21,26)/t10-,14-,15+,17+,18+/m0/s1. The summed E-state index contributed by atoms with van der Waals surface area (Å²) >= 11 is 0. The van der Waals surface area contributed by atoms with Gasteiger partial charge in [-0.3, -0.25) is 13.9 Å². The number of nitrogen functional groups attached to an aromatic ring is 1. The van der Waals surface area contributed by atoms with Gasteiger partial charge in [0.2, 0.25) is 0 Å². The Balaban J connectivity index is 2.03. The molecule has 2 rings (SSSR count). The lowest BCUT2D eigenvalue weighted by molar-refractivity contribution is -0.202. The lowest BCUT2D eigenvalue weighted by Crippen LogP contribution is -2.49. The van der Waals surface area contributed by atoms with Crippen molar-refractivity contribution in [1.29, 1.82) is 0 Å². The number of nitrogens with zero attached hydrogens (tertiary/aromatic N) is 2. The number of aliphatic hydroxyl groups is 2. The second-order valence-electron chi connectivity index (χ2n) is 7.74. The summed E-state index contributed by atoms with van der Waals surface area (Å²) in [5, 5.41) is 23.3. The number of ether oxygens (including phenoxy) is 2. The number of rotatable bonds is 10. The number of halogens is 1. The normalized spacial score (nSPS) is 29.8. The maximum Gasteiger partial charge on any atom is 0.351 e. The lowest BCUT2D eigenvalue weighted by atomic mass is 9.95. The highest BCUT2D eigenvalue weighted by Crippen LogP contribution is 2.45. The number of nitrogens with two attached hydrogens (primary N) is 1. The first kappa shape index (κ1) is 26.4. The average molecular weight is 480 g/mol. The molecule has 2 heterocycles. The van der Waals surface area contributed by atoms with Crippen LogP contribution >= 0.6 is 8.18 Å². The minimum atomic E-state index is -3.17. The SMILES string of the molecule is CCC(CC)OC(=O)[C@H](C)N[PH](=O)OC[C@@]1(F)O[C@@H](n2ccc(N)nc2=O)[C@](C)(O)[C@@H]1O. The van der Waals surface area contributed by atoms with Crippen LogP contribution < -0.4 is 16.5 Å². The van der Waals surface area contributed by atoms with Gasteiger partial charge in [0, 0.05) is 6.20 Å². The van der Waals surface area contributed by atoms with Gasteiger partial charge in [0.05, 0.1) is 0 Å². The Morgan fingerprint density at radius 1 is 1.50 bits per heavy atom. The number of anilines is 1. The largest absolute Gasteiger partial charge is 0.461 e. The number of hydrogen-bond donors (Lipinski definition) is 4. The summed E-state index contributed by atoms with van der Waals surface area (Å²) in [4.78, 5) is 27.6. The molecule has 0 bridgehead atoms. The van der Waals surface area contributed by atoms with E-state index in [1.807, 2.05) is 13.8 Å². The molecule has 0 radical (unpaired) electrons. The predicted molar refractivity (Wildman–Crippen MR) is 112 cm³/mol. The van der Waals surface area contributed by atoms with E-state index in [0.29, 0.717) is 12.8 Å². The van der Waals surface area contributed by atoms with E-state index in [1.165, 1.54) is 13.0 Å². The van der Waals surface area contributed by atoms with E-state index in [4.69, 9.17) is 19.7 Å². The van der Waals surface area contributed by atoms with Gasteiger partial charge < -0.3 is 29.9 Å². The van der Waals surface area contributed by atoms with Crippen molar-refractivity contribution in [2.45, 2.75) is 76.5 Å². The summed E-state index contributed by atoms with van der Waals surface area (Å²) in [6.45, 7) is 5.12. The summed E-state index contributed by atoms with van der Waals surface area (Å²) < 4.78 is 43.6. The van der Waals surface area contributed by atoms with Crippen LogP contribution in [0.15, 0.2) is 17.1 Å². The van der Waals surface area contributed by atoms with Crippen molar-refractivity contribution in [1.82, 2.24) is 14.6 Å². The molecule has 0 aromatic carbocycles. The quantitative estimate of drug-likeness (QED) is 0.267. The van der Waals surface area contributed by atoms with E-state index < -0.39 is 56.3 Å². The van der Waals surface area contributed by atoms with Gasteiger partial charge in [-0.15, -0.1) is 0 Å². The monoisotopic (exact) mass is 480 g/mol. The number of nitrogens with one attached hydrogen (secondary N) is 1. The van der Waals surface area contributed by atoms with Crippen LogP contribution in [-0.2, 0) is 23.4 Å². The molecular formula is C18H30FN4O8P. The second kappa shape index (κ2) is 10.4. The van der Waals surface area contributed by atoms with Gasteiger partial charge in [0.1, 0.15) is 36.3 Å². The summed E-state index contributed by atoms with van der Waals surface area (Å²) in [6.07, 6.45) is -1.76. The first-order valence-electron chi connectivity index (χ1n) is 10.1. The Labute approximate surface area is 184 Å². The Morgan fingerprint density at radius 2 is 2.12 bits per heavy atom. The van der Waals surface area contributed by atoms with Crippen LogP contribution in [0.5, 0.6) is 0 Å². The van der Waals surface area contributed by atoms with Gasteiger partial charge in [-0.05, 0) is 32.8 Å². The third-order valence-electron chi connectivity index (χ3n) is 5.16. The van der Waals surface area contributed by atoms with E-state index in [1.54, 1.807) is 0 Å². The number of aliphatic hydroxyl groups excluding tert-OH is 1. The van der Waals surface area contributed by atoms with Gasteiger partial charge in [0.15, 0.2) is 6.23 Å². The molecule has 1 aromatic heterocycles. The fraction of sp³-hybridized carbons (Fsp3) is 0.722. The van der Waals surface area contributed by atoms with Gasteiger partial charge in [0.25, 0.3) is 14.0 Å².